The first-order chi connectivity index (χ1) is 1.41. The molecule has 0 aliphatic heterocycles. The van der Waals surface area contributed by atoms with E-state index in [1.165, 1.54) is 0 Å². The van der Waals surface area contributed by atoms with E-state index < -0.39 is 0 Å². The summed E-state index contributed by atoms with van der Waals surface area (Å²) in [6, 6.07) is 0. The van der Waals surface area contributed by atoms with E-state index in [4.69, 9.17) is 0 Å². The van der Waals surface area contributed by atoms with Crippen molar-refractivity contribution in [3.8, 4) is 0 Å². The van der Waals surface area contributed by atoms with Gasteiger partial charge in [-0.3, -0.25) is 0 Å². The van der Waals surface area contributed by atoms with Crippen LogP contribution in [0.15, 0.2) is 0 Å². The van der Waals surface area contributed by atoms with Crippen LogP contribution in [0.4, 0.5) is 0 Å². The van der Waals surface area contributed by atoms with Crippen LogP contribution in [0.1, 0.15) is 0 Å². The van der Waals surface area contributed by atoms with Crippen LogP contribution in [0.3, 0.4) is 0 Å². The molecule has 3 radical (unpaired) electrons. The minimum Gasteiger partial charge on any atom is -0.0802 e. The Balaban J connectivity index is 0. The molecule has 0 saturated carbocycles. The van der Waals surface area contributed by atoms with Crippen molar-refractivity contribution < 1.29 is 0 Å². The van der Waals surface area contributed by atoms with Crippen LogP contribution in [0.5, 0.6) is 0 Å². The molecule has 0 heterocycles. The largest absolute Gasteiger partial charge is 0.0802 e. The molecule has 0 fully saturated rings. The lowest BCUT2D eigenvalue weighted by atomic mass is 12.0. The molecule has 0 aliphatic carbocycles. The highest BCUT2D eigenvalue weighted by Gasteiger charge is 1.41. The van der Waals surface area contributed by atoms with Crippen molar-refractivity contribution in [3.05, 3.63) is 0 Å². The molecular weight excluding hydrogens is 186 g/mol. The van der Waals surface area contributed by atoms with E-state index in [2.05, 4.69) is 31.9 Å². The quantitative estimate of drug-likeness (QED) is 0.512. The van der Waals surface area contributed by atoms with E-state index in [-0.39, 0.29) is 6.15 Å². The SMILES string of the molecule is BrCBr.[N]. The Hall–Kier alpha value is 0.920. The highest BCUT2D eigenvalue weighted by molar-refractivity contribution is 9.24. The van der Waals surface area contributed by atoms with Gasteiger partial charge in [-0.15, -0.1) is 0 Å². The minimum absolute atomic E-state index is 0. The summed E-state index contributed by atoms with van der Waals surface area (Å²) in [5, 5.41) is 0. The van der Waals surface area contributed by atoms with E-state index in [1.54, 1.807) is 0 Å². The predicted octanol–water partition coefficient (Wildman–Crippen LogP) is 1.25. The first-order valence-corrected chi connectivity index (χ1v) is 2.78. The number of hydrogen-bond acceptors (Lipinski definition) is 0. The molecule has 0 unspecified atom stereocenters. The third-order valence-corrected chi connectivity index (χ3v) is 0. The zero-order valence-corrected chi connectivity index (χ0v) is 5.08. The van der Waals surface area contributed by atoms with Gasteiger partial charge < -0.3 is 0 Å². The average Bonchev–Trinajstić information content (AvgIpc) is 0.918. The van der Waals surface area contributed by atoms with Gasteiger partial charge in [0.2, 0.25) is 0 Å². The lowest BCUT2D eigenvalue weighted by Crippen LogP contribution is -1.19. The van der Waals surface area contributed by atoms with Gasteiger partial charge in [-0.25, -0.2) is 0 Å². The molecule has 0 aromatic heterocycles. The van der Waals surface area contributed by atoms with Crippen molar-refractivity contribution in [2.75, 3.05) is 4.24 Å². The molecule has 25 valence electrons. The number of alkyl halides is 2. The Morgan fingerprint density at radius 3 is 1.25 bits per heavy atom. The zero-order chi connectivity index (χ0) is 2.71. The number of hydrogen-bond donors (Lipinski definition) is 0. The fraction of sp³-hybridized carbons (Fsp3) is 1.00. The number of nitrogens with zero attached hydrogens (tertiary/aromatic N) is 1. The van der Waals surface area contributed by atoms with Crippen LogP contribution >= 0.6 is 31.9 Å². The summed E-state index contributed by atoms with van der Waals surface area (Å²) in [6.45, 7) is 0. The zero-order valence-electron chi connectivity index (χ0n) is 1.91. The maximum atomic E-state index is 3.06. The van der Waals surface area contributed by atoms with Crippen molar-refractivity contribution in [3.63, 3.8) is 0 Å². The lowest BCUT2D eigenvalue weighted by molar-refractivity contribution is 2.13. The third-order valence-electron chi connectivity index (χ3n) is 0. The third kappa shape index (κ3) is 12.7. The second kappa shape index (κ2) is 9.07. The van der Waals surface area contributed by atoms with Crippen LogP contribution in [-0.2, 0) is 0 Å². The summed E-state index contributed by atoms with van der Waals surface area (Å²) < 4.78 is 0.875. The molecule has 0 amide bonds. The molecule has 0 aliphatic rings. The summed E-state index contributed by atoms with van der Waals surface area (Å²) >= 11 is 6.12. The molecule has 3 heteroatoms. The summed E-state index contributed by atoms with van der Waals surface area (Å²) in [4.78, 5) is 0. The van der Waals surface area contributed by atoms with Crippen LogP contribution in [0, 0.1) is 0 Å². The van der Waals surface area contributed by atoms with Gasteiger partial charge in [0, 0.05) is 6.15 Å². The van der Waals surface area contributed by atoms with Gasteiger partial charge in [0.05, 0.1) is 4.24 Å². The second-order valence-corrected chi connectivity index (χ2v) is 2.73. The maximum Gasteiger partial charge on any atom is 0.0588 e. The molecule has 1 nitrogen and oxygen atoms in total. The lowest BCUT2D eigenvalue weighted by Gasteiger charge is -1.43. The van der Waals surface area contributed by atoms with E-state index in [9.17, 15) is 0 Å². The van der Waals surface area contributed by atoms with Crippen LogP contribution in [-0.4, -0.2) is 4.24 Å². The Morgan fingerprint density at radius 2 is 1.25 bits per heavy atom. The van der Waals surface area contributed by atoms with Crippen LogP contribution in [0.25, 0.3) is 0 Å². The van der Waals surface area contributed by atoms with Crippen LogP contribution < -0.4 is 6.15 Å². The first kappa shape index (κ1) is 8.87. The summed E-state index contributed by atoms with van der Waals surface area (Å²) in [5.41, 5.74) is 0. The average molecular weight is 188 g/mol. The van der Waals surface area contributed by atoms with Gasteiger partial charge >= 0.3 is 0 Å². The Bertz CT molecular complexity index is 6.00. The summed E-state index contributed by atoms with van der Waals surface area (Å²) in [6.07, 6.45) is 0. The van der Waals surface area contributed by atoms with Gasteiger partial charge in [-0.05, 0) is 0 Å². The van der Waals surface area contributed by atoms with Gasteiger partial charge in [0.1, 0.15) is 0 Å². The molecular formula is CH2Br2N. The highest BCUT2D eigenvalue weighted by atomic mass is 79.9. The topological polar surface area (TPSA) is 30.5 Å². The molecule has 0 atom stereocenters. The molecule has 0 saturated heterocycles. The van der Waals surface area contributed by atoms with E-state index >= 15 is 0 Å². The summed E-state index contributed by atoms with van der Waals surface area (Å²) in [5.74, 6) is 0. The van der Waals surface area contributed by atoms with E-state index in [0.29, 0.717) is 0 Å². The predicted molar refractivity (Wildman–Crippen MR) is 24.9 cm³/mol. The smallest absolute Gasteiger partial charge is 0.0588 e. The normalized spacial score (nSPS) is 4.50. The standard InChI is InChI=1S/CH2Br2.N/c2-1-3;/h1H2;. The van der Waals surface area contributed by atoms with Gasteiger partial charge in [0.15, 0.2) is 0 Å². The highest BCUT2D eigenvalue weighted by Crippen LogP contribution is 1.83. The van der Waals surface area contributed by atoms with Gasteiger partial charge in [0.25, 0.3) is 0 Å². The molecule has 0 bridgehead atoms. The van der Waals surface area contributed by atoms with Gasteiger partial charge in [-0.1, -0.05) is 31.9 Å². The fourth-order valence-corrected chi connectivity index (χ4v) is 0. The van der Waals surface area contributed by atoms with Gasteiger partial charge in [-0.2, -0.15) is 0 Å². The number of halogens is 2. The Kier molecular flexibility index (Phi) is 20.1. The van der Waals surface area contributed by atoms with Crippen molar-refractivity contribution in [2.24, 2.45) is 0 Å². The molecule has 4 heavy (non-hydrogen) atoms. The summed E-state index contributed by atoms with van der Waals surface area (Å²) in [7, 11) is 0. The van der Waals surface area contributed by atoms with Crippen molar-refractivity contribution >= 4 is 31.9 Å². The Labute approximate surface area is 42.6 Å². The van der Waals surface area contributed by atoms with Crippen LogP contribution in [0.2, 0.25) is 0 Å². The first-order valence-electron chi connectivity index (χ1n) is 0.535. The van der Waals surface area contributed by atoms with Crippen molar-refractivity contribution in [1.29, 1.82) is 0 Å². The molecule has 0 N–H and O–H groups in total. The molecule has 0 aromatic rings. The fourth-order valence-electron chi connectivity index (χ4n) is 0. The van der Waals surface area contributed by atoms with Crippen molar-refractivity contribution in [2.45, 2.75) is 0 Å². The van der Waals surface area contributed by atoms with E-state index in [1.807, 2.05) is 0 Å². The monoisotopic (exact) mass is 186 g/mol. The molecule has 0 rings (SSSR count). The Morgan fingerprint density at radius 1 is 1.25 bits per heavy atom. The van der Waals surface area contributed by atoms with Crippen molar-refractivity contribution in [1.82, 2.24) is 6.15 Å². The maximum absolute atomic E-state index is 3.06. The van der Waals surface area contributed by atoms with E-state index in [0.717, 1.165) is 4.24 Å². The minimum atomic E-state index is 0. The second-order valence-electron chi connectivity index (χ2n) is 0.101. The molecule has 0 spiro atoms. The molecule has 0 aromatic carbocycles. The number of rotatable bonds is 0.